The predicted molar refractivity (Wildman–Crippen MR) is 104 cm³/mol. The zero-order valence-corrected chi connectivity index (χ0v) is 14.5. The first kappa shape index (κ1) is 17.2. The molecule has 0 radical (unpaired) electrons. The number of hydrogen-bond donors (Lipinski definition) is 0. The highest BCUT2D eigenvalue weighted by atomic mass is 16.1. The van der Waals surface area contributed by atoms with Gasteiger partial charge in [-0.3, -0.25) is 0 Å². The van der Waals surface area contributed by atoms with Crippen molar-refractivity contribution >= 4 is 6.29 Å². The van der Waals surface area contributed by atoms with E-state index >= 15 is 0 Å². The van der Waals surface area contributed by atoms with Crippen molar-refractivity contribution in [2.24, 2.45) is 0 Å². The van der Waals surface area contributed by atoms with E-state index in [4.69, 9.17) is 0 Å². The first-order valence-electron chi connectivity index (χ1n) is 8.97. The number of carbonyl (C=O) groups is 1. The van der Waals surface area contributed by atoms with Crippen LogP contribution in [0.5, 0.6) is 0 Å². The van der Waals surface area contributed by atoms with Gasteiger partial charge in [-0.2, -0.15) is 0 Å². The lowest BCUT2D eigenvalue weighted by Gasteiger charge is -2.08. The van der Waals surface area contributed by atoms with Crippen molar-refractivity contribution in [3.8, 4) is 0 Å². The third-order valence-electron chi connectivity index (χ3n) is 4.67. The van der Waals surface area contributed by atoms with Crippen LogP contribution < -0.4 is 0 Å². The Bertz CT molecular complexity index is 788. The third kappa shape index (κ3) is 5.15. The summed E-state index contributed by atoms with van der Waals surface area (Å²) in [5, 5.41) is 0. The summed E-state index contributed by atoms with van der Waals surface area (Å²) in [5.41, 5.74) is 6.55. The van der Waals surface area contributed by atoms with Crippen molar-refractivity contribution in [3.63, 3.8) is 0 Å². The van der Waals surface area contributed by atoms with Crippen molar-refractivity contribution in [1.82, 2.24) is 0 Å². The van der Waals surface area contributed by atoms with E-state index in [1.807, 2.05) is 6.07 Å². The van der Waals surface area contributed by atoms with E-state index < -0.39 is 0 Å². The summed E-state index contributed by atoms with van der Waals surface area (Å²) in [4.78, 5) is 10.8. The molecule has 0 saturated carbocycles. The quantitative estimate of drug-likeness (QED) is 0.532. The zero-order chi connectivity index (χ0) is 17.3. The van der Waals surface area contributed by atoms with Crippen LogP contribution in [0.25, 0.3) is 0 Å². The van der Waals surface area contributed by atoms with Crippen molar-refractivity contribution < 1.29 is 4.79 Å². The Morgan fingerprint density at radius 3 is 1.60 bits per heavy atom. The summed E-state index contributed by atoms with van der Waals surface area (Å²) >= 11 is 0. The molecule has 0 amide bonds. The van der Waals surface area contributed by atoms with Crippen LogP contribution in [-0.4, -0.2) is 6.29 Å². The number of aryl methyl sites for hydroxylation is 4. The minimum Gasteiger partial charge on any atom is -0.303 e. The highest BCUT2D eigenvalue weighted by Crippen LogP contribution is 2.14. The molecule has 0 atom stereocenters. The Hall–Kier alpha value is -2.67. The molecular weight excluding hydrogens is 304 g/mol. The molecule has 1 nitrogen and oxygen atoms in total. The summed E-state index contributed by atoms with van der Waals surface area (Å²) in [6, 6.07) is 27.8. The van der Waals surface area contributed by atoms with Gasteiger partial charge in [0.2, 0.25) is 0 Å². The van der Waals surface area contributed by atoms with Crippen LogP contribution >= 0.6 is 0 Å². The van der Waals surface area contributed by atoms with E-state index in [0.29, 0.717) is 6.42 Å². The highest BCUT2D eigenvalue weighted by molar-refractivity contribution is 5.56. The predicted octanol–water partition coefficient (Wildman–Crippen LogP) is 5.00. The molecule has 0 aliphatic carbocycles. The van der Waals surface area contributed by atoms with Gasteiger partial charge in [-0.15, -0.1) is 0 Å². The van der Waals surface area contributed by atoms with Gasteiger partial charge in [0.25, 0.3) is 0 Å². The summed E-state index contributed by atoms with van der Waals surface area (Å²) in [6.45, 7) is 0. The first-order chi connectivity index (χ1) is 12.3. The molecule has 3 aromatic rings. The van der Waals surface area contributed by atoms with Gasteiger partial charge in [0.15, 0.2) is 0 Å². The Labute approximate surface area is 150 Å². The van der Waals surface area contributed by atoms with E-state index in [2.05, 4.69) is 72.8 Å². The van der Waals surface area contributed by atoms with Crippen LogP contribution in [0, 0.1) is 0 Å². The molecule has 0 fully saturated rings. The topological polar surface area (TPSA) is 17.1 Å². The zero-order valence-electron chi connectivity index (χ0n) is 14.5. The summed E-state index contributed by atoms with van der Waals surface area (Å²) in [6.07, 6.45) is 5.64. The molecule has 0 heterocycles. The number of hydrogen-bond acceptors (Lipinski definition) is 1. The van der Waals surface area contributed by atoms with E-state index in [9.17, 15) is 4.79 Å². The molecule has 0 bridgehead atoms. The summed E-state index contributed by atoms with van der Waals surface area (Å²) in [5.74, 6) is 0. The summed E-state index contributed by atoms with van der Waals surface area (Å²) < 4.78 is 0. The van der Waals surface area contributed by atoms with Gasteiger partial charge >= 0.3 is 0 Å². The first-order valence-corrected chi connectivity index (χ1v) is 8.97. The highest BCUT2D eigenvalue weighted by Gasteiger charge is 2.03. The molecule has 3 aromatic carbocycles. The maximum absolute atomic E-state index is 10.8. The molecule has 0 aliphatic heterocycles. The second-order valence-electron chi connectivity index (χ2n) is 6.44. The van der Waals surface area contributed by atoms with Crippen molar-refractivity contribution in [1.29, 1.82) is 0 Å². The smallest absolute Gasteiger partial charge is 0.124 e. The standard InChI is InChI=1S/C24H24O/c25-19-18-24-9-5-4-8-23(24)17-16-22-14-12-21(13-15-22)11-10-20-6-2-1-3-7-20/h1-9,12-15,19H,10-11,16-18H2. The Kier molecular flexibility index (Phi) is 6.17. The largest absolute Gasteiger partial charge is 0.303 e. The van der Waals surface area contributed by atoms with Crippen LogP contribution in [0.1, 0.15) is 27.8 Å². The van der Waals surface area contributed by atoms with Crippen LogP contribution in [0.3, 0.4) is 0 Å². The molecule has 3 rings (SSSR count). The minimum absolute atomic E-state index is 0.509. The van der Waals surface area contributed by atoms with Gasteiger partial charge in [-0.1, -0.05) is 78.9 Å². The fraction of sp³-hybridized carbons (Fsp3) is 0.208. The second kappa shape index (κ2) is 8.98. The Morgan fingerprint density at radius 2 is 1.00 bits per heavy atom. The maximum atomic E-state index is 10.8. The van der Waals surface area contributed by atoms with Gasteiger partial charge in [-0.25, -0.2) is 0 Å². The molecular formula is C24H24O. The lowest BCUT2D eigenvalue weighted by atomic mass is 9.97. The number of benzene rings is 3. The average molecular weight is 328 g/mol. The fourth-order valence-electron chi connectivity index (χ4n) is 3.18. The maximum Gasteiger partial charge on any atom is 0.124 e. The molecule has 0 unspecified atom stereocenters. The molecule has 0 saturated heterocycles. The van der Waals surface area contributed by atoms with Gasteiger partial charge < -0.3 is 4.79 Å². The van der Waals surface area contributed by atoms with Crippen LogP contribution in [0.15, 0.2) is 78.9 Å². The Morgan fingerprint density at radius 1 is 0.520 bits per heavy atom. The van der Waals surface area contributed by atoms with E-state index in [0.717, 1.165) is 37.5 Å². The number of rotatable bonds is 8. The van der Waals surface area contributed by atoms with E-state index in [-0.39, 0.29) is 0 Å². The second-order valence-corrected chi connectivity index (χ2v) is 6.44. The van der Waals surface area contributed by atoms with Gasteiger partial charge in [-0.05, 0) is 53.5 Å². The number of aldehydes is 1. The molecule has 126 valence electrons. The average Bonchev–Trinajstić information content (AvgIpc) is 2.68. The Balaban J connectivity index is 1.55. The lowest BCUT2D eigenvalue weighted by Crippen LogP contribution is -1.98. The van der Waals surface area contributed by atoms with Crippen molar-refractivity contribution in [2.75, 3.05) is 0 Å². The van der Waals surface area contributed by atoms with Gasteiger partial charge in [0, 0.05) is 6.42 Å². The van der Waals surface area contributed by atoms with Gasteiger partial charge in [0.1, 0.15) is 6.29 Å². The molecule has 0 aromatic heterocycles. The van der Waals surface area contributed by atoms with Crippen LogP contribution in [0.4, 0.5) is 0 Å². The number of carbonyl (C=O) groups excluding carboxylic acids is 1. The molecule has 1 heteroatoms. The lowest BCUT2D eigenvalue weighted by molar-refractivity contribution is -0.107. The van der Waals surface area contributed by atoms with Crippen LogP contribution in [0.2, 0.25) is 0 Å². The monoisotopic (exact) mass is 328 g/mol. The molecule has 25 heavy (non-hydrogen) atoms. The summed E-state index contributed by atoms with van der Waals surface area (Å²) in [7, 11) is 0. The van der Waals surface area contributed by atoms with Gasteiger partial charge in [0.05, 0.1) is 0 Å². The van der Waals surface area contributed by atoms with E-state index in [1.165, 1.54) is 22.3 Å². The normalized spacial score (nSPS) is 10.6. The molecule has 0 spiro atoms. The third-order valence-corrected chi connectivity index (χ3v) is 4.67. The molecule has 0 aliphatic rings. The van der Waals surface area contributed by atoms with E-state index in [1.54, 1.807) is 0 Å². The molecule has 0 N–H and O–H groups in total. The van der Waals surface area contributed by atoms with Crippen LogP contribution in [-0.2, 0) is 36.9 Å². The fourth-order valence-corrected chi connectivity index (χ4v) is 3.18. The SMILES string of the molecule is O=CCc1ccccc1CCc1ccc(CCc2ccccc2)cc1. The minimum atomic E-state index is 0.509. The van der Waals surface area contributed by atoms with Crippen molar-refractivity contribution in [2.45, 2.75) is 32.1 Å². The van der Waals surface area contributed by atoms with Crippen molar-refractivity contribution in [3.05, 3.63) is 107 Å².